The van der Waals surface area contributed by atoms with Crippen LogP contribution in [-0.4, -0.2) is 42.2 Å². The first-order chi connectivity index (χ1) is 10.1. The molecule has 21 heavy (non-hydrogen) atoms. The first kappa shape index (κ1) is 16.3. The highest BCUT2D eigenvalue weighted by molar-refractivity contribution is 6.30. The van der Waals surface area contributed by atoms with Crippen molar-refractivity contribution in [2.45, 2.75) is 31.7 Å². The monoisotopic (exact) mass is 310 g/mol. The minimum Gasteiger partial charge on any atom is -0.396 e. The fourth-order valence-corrected chi connectivity index (χ4v) is 3.08. The molecule has 1 aliphatic carbocycles. The number of hydrogen-bond donors (Lipinski definition) is 2. The van der Waals surface area contributed by atoms with Crippen LogP contribution in [0.5, 0.6) is 0 Å². The van der Waals surface area contributed by atoms with Crippen LogP contribution < -0.4 is 5.32 Å². The minimum absolute atomic E-state index is 0.0240. The molecule has 0 bridgehead atoms. The average molecular weight is 311 g/mol. The average Bonchev–Trinajstić information content (AvgIpc) is 2.47. The maximum atomic E-state index is 12.1. The molecule has 2 N–H and O–H groups in total. The normalized spacial score (nSPS) is 22.3. The summed E-state index contributed by atoms with van der Waals surface area (Å²) in [5.41, 5.74) is 0.727. The molecular formula is C16H23ClN2O2. The number of anilines is 1. The van der Waals surface area contributed by atoms with E-state index >= 15 is 0 Å². The molecular weight excluding hydrogens is 288 g/mol. The molecule has 0 atom stereocenters. The highest BCUT2D eigenvalue weighted by Gasteiger charge is 2.24. The van der Waals surface area contributed by atoms with E-state index in [0.717, 1.165) is 31.4 Å². The summed E-state index contributed by atoms with van der Waals surface area (Å²) in [7, 11) is 1.99. The summed E-state index contributed by atoms with van der Waals surface area (Å²) < 4.78 is 0. The van der Waals surface area contributed by atoms with E-state index in [0.29, 0.717) is 23.5 Å². The number of aliphatic hydroxyl groups is 1. The largest absolute Gasteiger partial charge is 0.396 e. The van der Waals surface area contributed by atoms with E-state index in [1.807, 2.05) is 19.2 Å². The topological polar surface area (TPSA) is 52.6 Å². The van der Waals surface area contributed by atoms with Crippen molar-refractivity contribution in [1.82, 2.24) is 4.90 Å². The molecule has 116 valence electrons. The summed E-state index contributed by atoms with van der Waals surface area (Å²) in [6, 6.07) is 7.60. The Morgan fingerprint density at radius 1 is 1.38 bits per heavy atom. The first-order valence-electron chi connectivity index (χ1n) is 7.45. The number of nitrogens with zero attached hydrogens (tertiary/aromatic N) is 1. The van der Waals surface area contributed by atoms with Crippen molar-refractivity contribution in [3.05, 3.63) is 29.3 Å². The van der Waals surface area contributed by atoms with Gasteiger partial charge in [0, 0.05) is 23.4 Å². The van der Waals surface area contributed by atoms with Crippen LogP contribution in [0.25, 0.3) is 0 Å². The predicted molar refractivity (Wildman–Crippen MR) is 85.5 cm³/mol. The molecule has 5 heteroatoms. The molecule has 4 nitrogen and oxygen atoms in total. The number of carbonyl (C=O) groups is 1. The van der Waals surface area contributed by atoms with Gasteiger partial charge >= 0.3 is 0 Å². The van der Waals surface area contributed by atoms with Gasteiger partial charge in [0.1, 0.15) is 0 Å². The third kappa shape index (κ3) is 4.99. The number of amides is 1. The summed E-state index contributed by atoms with van der Waals surface area (Å²) in [6.07, 6.45) is 4.18. The molecule has 1 aromatic rings. The Kier molecular flexibility index (Phi) is 6.03. The summed E-state index contributed by atoms with van der Waals surface area (Å²) in [6.45, 7) is 0.659. The quantitative estimate of drug-likeness (QED) is 0.879. The molecule has 2 rings (SSSR count). The number of rotatable bonds is 5. The van der Waals surface area contributed by atoms with Gasteiger partial charge < -0.3 is 10.4 Å². The highest BCUT2D eigenvalue weighted by atomic mass is 35.5. The Labute approximate surface area is 131 Å². The lowest BCUT2D eigenvalue weighted by atomic mass is 9.86. The number of aliphatic hydroxyl groups excluding tert-OH is 1. The van der Waals surface area contributed by atoms with E-state index in [9.17, 15) is 4.79 Å². The zero-order valence-corrected chi connectivity index (χ0v) is 13.1. The fraction of sp³-hybridized carbons (Fsp3) is 0.562. The van der Waals surface area contributed by atoms with E-state index in [1.165, 1.54) is 0 Å². The van der Waals surface area contributed by atoms with Gasteiger partial charge in [0.2, 0.25) is 5.91 Å². The Bertz CT molecular complexity index is 473. The Hall–Kier alpha value is -1.10. The van der Waals surface area contributed by atoms with Crippen molar-refractivity contribution in [1.29, 1.82) is 0 Å². The van der Waals surface area contributed by atoms with Crippen LogP contribution in [-0.2, 0) is 4.79 Å². The minimum atomic E-state index is -0.0240. The Balaban J connectivity index is 1.79. The van der Waals surface area contributed by atoms with E-state index in [1.54, 1.807) is 12.1 Å². The molecule has 0 radical (unpaired) electrons. The smallest absolute Gasteiger partial charge is 0.238 e. The summed E-state index contributed by atoms with van der Waals surface area (Å²) in [5.74, 6) is 0.416. The van der Waals surface area contributed by atoms with Gasteiger partial charge in [-0.1, -0.05) is 17.7 Å². The van der Waals surface area contributed by atoms with Gasteiger partial charge in [0.25, 0.3) is 0 Å². The van der Waals surface area contributed by atoms with Crippen LogP contribution in [0.15, 0.2) is 24.3 Å². The summed E-state index contributed by atoms with van der Waals surface area (Å²) >= 11 is 5.90. The van der Waals surface area contributed by atoms with Gasteiger partial charge in [-0.2, -0.15) is 0 Å². The zero-order valence-electron chi connectivity index (χ0n) is 12.4. The molecule has 0 saturated heterocycles. The van der Waals surface area contributed by atoms with Gasteiger partial charge in [-0.05, 0) is 56.8 Å². The van der Waals surface area contributed by atoms with Crippen LogP contribution in [0.1, 0.15) is 25.7 Å². The molecule has 1 amide bonds. The SMILES string of the molecule is CN(CC(=O)Nc1cccc(Cl)c1)C1CCC(CO)CC1. The predicted octanol–water partition coefficient (Wildman–Crippen LogP) is 2.76. The molecule has 0 aromatic heterocycles. The summed E-state index contributed by atoms with van der Waals surface area (Å²) in [5, 5.41) is 12.6. The van der Waals surface area contributed by atoms with Crippen LogP contribution in [0.4, 0.5) is 5.69 Å². The molecule has 1 fully saturated rings. The van der Waals surface area contributed by atoms with Crippen molar-refractivity contribution in [3.8, 4) is 0 Å². The van der Waals surface area contributed by atoms with Gasteiger partial charge in [-0.25, -0.2) is 0 Å². The molecule has 1 saturated carbocycles. The van der Waals surface area contributed by atoms with Crippen LogP contribution in [0.2, 0.25) is 5.02 Å². The highest BCUT2D eigenvalue weighted by Crippen LogP contribution is 2.26. The Morgan fingerprint density at radius 2 is 2.10 bits per heavy atom. The van der Waals surface area contributed by atoms with Crippen molar-refractivity contribution >= 4 is 23.2 Å². The maximum absolute atomic E-state index is 12.1. The number of benzene rings is 1. The Morgan fingerprint density at radius 3 is 2.71 bits per heavy atom. The van der Waals surface area contributed by atoms with Gasteiger partial charge in [-0.3, -0.25) is 9.69 Å². The lowest BCUT2D eigenvalue weighted by molar-refractivity contribution is -0.117. The van der Waals surface area contributed by atoms with E-state index in [-0.39, 0.29) is 12.5 Å². The lowest BCUT2D eigenvalue weighted by Crippen LogP contribution is -2.40. The fourth-order valence-electron chi connectivity index (χ4n) is 2.89. The molecule has 0 aliphatic heterocycles. The van der Waals surface area contributed by atoms with E-state index < -0.39 is 0 Å². The van der Waals surface area contributed by atoms with Crippen molar-refractivity contribution in [2.75, 3.05) is 25.5 Å². The number of halogens is 1. The third-order valence-corrected chi connectivity index (χ3v) is 4.43. The second-order valence-electron chi connectivity index (χ2n) is 5.83. The second-order valence-corrected chi connectivity index (χ2v) is 6.27. The lowest BCUT2D eigenvalue weighted by Gasteiger charge is -2.33. The van der Waals surface area contributed by atoms with Gasteiger partial charge in [0.05, 0.1) is 6.54 Å². The molecule has 0 heterocycles. The molecule has 0 unspecified atom stereocenters. The number of carbonyl (C=O) groups excluding carboxylic acids is 1. The summed E-state index contributed by atoms with van der Waals surface area (Å²) in [4.78, 5) is 14.2. The van der Waals surface area contributed by atoms with Gasteiger partial charge in [-0.15, -0.1) is 0 Å². The van der Waals surface area contributed by atoms with Gasteiger partial charge in [0.15, 0.2) is 0 Å². The van der Waals surface area contributed by atoms with Crippen LogP contribution in [0, 0.1) is 5.92 Å². The molecule has 0 spiro atoms. The first-order valence-corrected chi connectivity index (χ1v) is 7.83. The zero-order chi connectivity index (χ0) is 15.2. The van der Waals surface area contributed by atoms with Crippen molar-refractivity contribution in [2.24, 2.45) is 5.92 Å². The van der Waals surface area contributed by atoms with Crippen molar-refractivity contribution < 1.29 is 9.90 Å². The third-order valence-electron chi connectivity index (χ3n) is 4.20. The molecule has 1 aromatic carbocycles. The number of likely N-dealkylation sites (N-methyl/N-ethyl adjacent to an activating group) is 1. The van der Waals surface area contributed by atoms with Crippen LogP contribution >= 0.6 is 11.6 Å². The van der Waals surface area contributed by atoms with E-state index in [4.69, 9.17) is 16.7 Å². The standard InChI is InChI=1S/C16H23ClN2O2/c1-19(15-7-5-12(11-20)6-8-15)10-16(21)18-14-4-2-3-13(17)9-14/h2-4,9,12,15,20H,5-8,10-11H2,1H3,(H,18,21). The van der Waals surface area contributed by atoms with Crippen molar-refractivity contribution in [3.63, 3.8) is 0 Å². The molecule has 1 aliphatic rings. The van der Waals surface area contributed by atoms with Crippen LogP contribution in [0.3, 0.4) is 0 Å². The number of nitrogens with one attached hydrogen (secondary N) is 1. The van der Waals surface area contributed by atoms with E-state index in [2.05, 4.69) is 10.2 Å². The maximum Gasteiger partial charge on any atom is 0.238 e. The number of hydrogen-bond acceptors (Lipinski definition) is 3. The second kappa shape index (κ2) is 7.78.